The highest BCUT2D eigenvalue weighted by Crippen LogP contribution is 2.23. The van der Waals surface area contributed by atoms with Crippen molar-refractivity contribution in [2.45, 2.75) is 18.9 Å². The maximum Gasteiger partial charge on any atom is 0.258 e. The monoisotopic (exact) mass is 335 g/mol. The molecule has 122 valence electrons. The average Bonchev–Trinajstić information content (AvgIpc) is 3.21. The second-order valence-electron chi connectivity index (χ2n) is 5.29. The Morgan fingerprint density at radius 1 is 1.43 bits per heavy atom. The highest BCUT2D eigenvalue weighted by atomic mass is 35.5. The second kappa shape index (κ2) is 7.48. The van der Waals surface area contributed by atoms with Crippen LogP contribution in [0, 0.1) is 0 Å². The topological polar surface area (TPSA) is 65.4 Å². The van der Waals surface area contributed by atoms with Gasteiger partial charge in [-0.05, 0) is 25.0 Å². The first-order chi connectivity index (χ1) is 11.2. The summed E-state index contributed by atoms with van der Waals surface area (Å²) in [5.41, 5.74) is 0.868. The Kier molecular flexibility index (Phi) is 5.15. The number of carbonyl (C=O) groups excluding carboxylic acids is 1. The normalized spacial score (nSPS) is 17.2. The number of rotatable bonds is 6. The molecule has 1 amide bonds. The van der Waals surface area contributed by atoms with Crippen LogP contribution >= 0.6 is 11.6 Å². The molecule has 0 saturated carbocycles. The van der Waals surface area contributed by atoms with E-state index in [1.807, 2.05) is 30.3 Å². The summed E-state index contributed by atoms with van der Waals surface area (Å²) in [6, 6.07) is 9.54. The molecule has 1 aliphatic rings. The Bertz CT molecular complexity index is 654. The van der Waals surface area contributed by atoms with Crippen LogP contribution in [0.5, 0.6) is 5.88 Å². The predicted molar refractivity (Wildman–Crippen MR) is 86.1 cm³/mol. The molecule has 2 aromatic rings. The van der Waals surface area contributed by atoms with Crippen LogP contribution in [0.15, 0.2) is 36.5 Å². The lowest BCUT2D eigenvalue weighted by molar-refractivity contribution is -0.123. The SMILES string of the molecule is O=C(COc1nn(-c2ccccc2)cc1Cl)NC[C@H]1CCCO1. The van der Waals surface area contributed by atoms with Crippen LogP contribution in [0.1, 0.15) is 12.8 Å². The molecule has 1 N–H and O–H groups in total. The third-order valence-corrected chi connectivity index (χ3v) is 3.81. The standard InChI is InChI=1S/C16H18ClN3O3/c17-14-10-20(12-5-2-1-3-6-12)19-16(14)23-11-15(21)18-9-13-7-4-8-22-13/h1-3,5-6,10,13H,4,7-9,11H2,(H,18,21)/t13-/m1/s1. The van der Waals surface area contributed by atoms with Crippen LogP contribution in [0.2, 0.25) is 5.02 Å². The van der Waals surface area contributed by atoms with E-state index in [0.717, 1.165) is 25.1 Å². The zero-order chi connectivity index (χ0) is 16.1. The van der Waals surface area contributed by atoms with E-state index in [-0.39, 0.29) is 24.5 Å². The average molecular weight is 336 g/mol. The smallest absolute Gasteiger partial charge is 0.258 e. The molecule has 0 bridgehead atoms. The quantitative estimate of drug-likeness (QED) is 0.879. The minimum Gasteiger partial charge on any atom is -0.465 e. The maximum absolute atomic E-state index is 11.8. The molecule has 7 heteroatoms. The molecule has 0 radical (unpaired) electrons. The minimum atomic E-state index is -0.217. The number of hydrogen-bond acceptors (Lipinski definition) is 4. The van der Waals surface area contributed by atoms with Crippen molar-refractivity contribution in [3.8, 4) is 11.6 Å². The molecule has 1 fully saturated rings. The van der Waals surface area contributed by atoms with Gasteiger partial charge in [-0.2, -0.15) is 0 Å². The molecule has 3 rings (SSSR count). The Balaban J connectivity index is 1.52. The van der Waals surface area contributed by atoms with Crippen LogP contribution in [-0.2, 0) is 9.53 Å². The van der Waals surface area contributed by atoms with Gasteiger partial charge in [0.2, 0.25) is 0 Å². The lowest BCUT2D eigenvalue weighted by Gasteiger charge is -2.10. The van der Waals surface area contributed by atoms with Crippen molar-refractivity contribution in [2.75, 3.05) is 19.8 Å². The maximum atomic E-state index is 11.8. The summed E-state index contributed by atoms with van der Waals surface area (Å²) in [4.78, 5) is 11.8. The van der Waals surface area contributed by atoms with Gasteiger partial charge in [0.25, 0.3) is 11.8 Å². The van der Waals surface area contributed by atoms with Gasteiger partial charge in [0.15, 0.2) is 6.61 Å². The number of aromatic nitrogens is 2. The number of nitrogens with zero attached hydrogens (tertiary/aromatic N) is 2. The molecule has 0 unspecified atom stereocenters. The number of amides is 1. The van der Waals surface area contributed by atoms with Gasteiger partial charge in [0.1, 0.15) is 5.02 Å². The van der Waals surface area contributed by atoms with E-state index in [0.29, 0.717) is 11.6 Å². The van der Waals surface area contributed by atoms with Crippen LogP contribution in [-0.4, -0.2) is 41.6 Å². The summed E-state index contributed by atoms with van der Waals surface area (Å²) < 4.78 is 12.5. The number of benzene rings is 1. The summed E-state index contributed by atoms with van der Waals surface area (Å²) >= 11 is 6.10. The van der Waals surface area contributed by atoms with Crippen LogP contribution in [0.4, 0.5) is 0 Å². The van der Waals surface area contributed by atoms with Gasteiger partial charge in [-0.3, -0.25) is 4.79 Å². The number of nitrogens with one attached hydrogen (secondary N) is 1. The Hall–Kier alpha value is -2.05. The molecule has 1 atom stereocenters. The fraction of sp³-hybridized carbons (Fsp3) is 0.375. The Labute approximate surface area is 139 Å². The molecule has 0 spiro atoms. The number of para-hydroxylation sites is 1. The van der Waals surface area contributed by atoms with Crippen molar-refractivity contribution in [2.24, 2.45) is 0 Å². The number of ether oxygens (including phenoxy) is 2. The van der Waals surface area contributed by atoms with Gasteiger partial charge in [-0.25, -0.2) is 4.68 Å². The number of hydrogen-bond donors (Lipinski definition) is 1. The lowest BCUT2D eigenvalue weighted by atomic mass is 10.2. The van der Waals surface area contributed by atoms with E-state index < -0.39 is 0 Å². The first-order valence-corrected chi connectivity index (χ1v) is 7.92. The van der Waals surface area contributed by atoms with Gasteiger partial charge < -0.3 is 14.8 Å². The highest BCUT2D eigenvalue weighted by molar-refractivity contribution is 6.31. The Morgan fingerprint density at radius 3 is 3.00 bits per heavy atom. The zero-order valence-corrected chi connectivity index (χ0v) is 13.3. The van der Waals surface area contributed by atoms with E-state index in [2.05, 4.69) is 10.4 Å². The van der Waals surface area contributed by atoms with Gasteiger partial charge in [-0.1, -0.05) is 29.8 Å². The van der Waals surface area contributed by atoms with Crippen molar-refractivity contribution >= 4 is 17.5 Å². The highest BCUT2D eigenvalue weighted by Gasteiger charge is 2.17. The second-order valence-corrected chi connectivity index (χ2v) is 5.70. The lowest BCUT2D eigenvalue weighted by Crippen LogP contribution is -2.35. The summed E-state index contributed by atoms with van der Waals surface area (Å²) in [5.74, 6) is 0.0219. The van der Waals surface area contributed by atoms with Gasteiger partial charge in [0, 0.05) is 13.2 Å². The first kappa shape index (κ1) is 15.8. The van der Waals surface area contributed by atoms with Crippen molar-refractivity contribution in [1.29, 1.82) is 0 Å². The molecule has 1 saturated heterocycles. The molecule has 1 aromatic carbocycles. The van der Waals surface area contributed by atoms with E-state index in [9.17, 15) is 4.79 Å². The third-order valence-electron chi connectivity index (χ3n) is 3.55. The van der Waals surface area contributed by atoms with Gasteiger partial charge >= 0.3 is 0 Å². The van der Waals surface area contributed by atoms with Crippen molar-refractivity contribution in [3.05, 3.63) is 41.6 Å². The largest absolute Gasteiger partial charge is 0.465 e. The fourth-order valence-electron chi connectivity index (χ4n) is 2.37. The van der Waals surface area contributed by atoms with Crippen molar-refractivity contribution in [1.82, 2.24) is 15.1 Å². The van der Waals surface area contributed by atoms with Crippen LogP contribution in [0.3, 0.4) is 0 Å². The molecule has 1 aliphatic heterocycles. The number of halogens is 1. The van der Waals surface area contributed by atoms with E-state index in [1.165, 1.54) is 0 Å². The van der Waals surface area contributed by atoms with Crippen LogP contribution < -0.4 is 10.1 Å². The Morgan fingerprint density at radius 2 is 2.26 bits per heavy atom. The van der Waals surface area contributed by atoms with E-state index in [4.69, 9.17) is 21.1 Å². The summed E-state index contributed by atoms with van der Waals surface area (Å²) in [6.45, 7) is 1.15. The molecule has 6 nitrogen and oxygen atoms in total. The minimum absolute atomic E-state index is 0.111. The van der Waals surface area contributed by atoms with Crippen molar-refractivity contribution in [3.63, 3.8) is 0 Å². The van der Waals surface area contributed by atoms with Crippen LogP contribution in [0.25, 0.3) is 5.69 Å². The van der Waals surface area contributed by atoms with E-state index in [1.54, 1.807) is 10.9 Å². The summed E-state index contributed by atoms with van der Waals surface area (Å²) in [6.07, 6.45) is 3.79. The zero-order valence-electron chi connectivity index (χ0n) is 12.6. The van der Waals surface area contributed by atoms with E-state index >= 15 is 0 Å². The number of carbonyl (C=O) groups is 1. The molecule has 1 aromatic heterocycles. The molecule has 0 aliphatic carbocycles. The van der Waals surface area contributed by atoms with Gasteiger partial charge in [-0.15, -0.1) is 5.10 Å². The molecule has 23 heavy (non-hydrogen) atoms. The van der Waals surface area contributed by atoms with Gasteiger partial charge in [0.05, 0.1) is 18.0 Å². The predicted octanol–water partition coefficient (Wildman–Crippen LogP) is 2.20. The molecular formula is C16H18ClN3O3. The fourth-order valence-corrected chi connectivity index (χ4v) is 2.55. The molecule has 2 heterocycles. The summed E-state index contributed by atoms with van der Waals surface area (Å²) in [7, 11) is 0. The summed E-state index contributed by atoms with van der Waals surface area (Å²) in [5, 5.41) is 7.40. The molecular weight excluding hydrogens is 318 g/mol. The first-order valence-electron chi connectivity index (χ1n) is 7.54. The van der Waals surface area contributed by atoms with Crippen molar-refractivity contribution < 1.29 is 14.3 Å². The third kappa shape index (κ3) is 4.24.